The summed E-state index contributed by atoms with van der Waals surface area (Å²) in [4.78, 5) is 22.6. The number of alkyl halides is 3. The van der Waals surface area contributed by atoms with Crippen molar-refractivity contribution in [3.63, 3.8) is 0 Å². The van der Waals surface area contributed by atoms with Crippen LogP contribution in [0, 0.1) is 5.92 Å². The van der Waals surface area contributed by atoms with E-state index in [4.69, 9.17) is 19.4 Å². The van der Waals surface area contributed by atoms with Gasteiger partial charge in [0.15, 0.2) is 0 Å². The van der Waals surface area contributed by atoms with E-state index in [1.807, 2.05) is 6.92 Å². The molecule has 1 aliphatic carbocycles. The van der Waals surface area contributed by atoms with Gasteiger partial charge in [0.05, 0.1) is 24.5 Å². The Labute approximate surface area is 153 Å². The minimum atomic E-state index is -5.08. The third-order valence-corrected chi connectivity index (χ3v) is 4.05. The van der Waals surface area contributed by atoms with Gasteiger partial charge in [-0.15, -0.1) is 0 Å². The van der Waals surface area contributed by atoms with E-state index in [2.05, 4.69) is 10.2 Å². The number of aliphatic carboxylic acids is 1. The molecule has 27 heavy (non-hydrogen) atoms. The molecule has 1 aliphatic heterocycles. The molecule has 1 aromatic heterocycles. The minimum absolute atomic E-state index is 0.0290. The number of hydrogen-bond donors (Lipinski definition) is 2. The van der Waals surface area contributed by atoms with Crippen molar-refractivity contribution in [1.82, 2.24) is 15.1 Å². The van der Waals surface area contributed by atoms with Crippen LogP contribution in [-0.2, 0) is 38.8 Å². The average Bonchev–Trinajstić information content (AvgIpc) is 3.19. The number of fused-ring (bicyclic) bond motifs is 1. The molecule has 0 radical (unpaired) electrons. The van der Waals surface area contributed by atoms with Crippen LogP contribution in [0.25, 0.3) is 0 Å². The lowest BCUT2D eigenvalue weighted by molar-refractivity contribution is -0.192. The molecular formula is C16H22F3N3O5. The van der Waals surface area contributed by atoms with Crippen molar-refractivity contribution in [3.05, 3.63) is 17.0 Å². The third-order valence-electron chi connectivity index (χ3n) is 4.05. The Kier molecular flexibility index (Phi) is 7.19. The Bertz CT molecular complexity index is 658. The fourth-order valence-electron chi connectivity index (χ4n) is 2.38. The number of H-pyrrole nitrogens is 1. The molecule has 0 spiro atoms. The fourth-order valence-corrected chi connectivity index (χ4v) is 2.38. The van der Waals surface area contributed by atoms with Crippen LogP contribution in [-0.4, -0.2) is 58.1 Å². The number of carbonyl (C=O) groups is 2. The Morgan fingerprint density at radius 1 is 1.30 bits per heavy atom. The summed E-state index contributed by atoms with van der Waals surface area (Å²) in [6.07, 6.45) is -2.50. The number of carboxylic acid groups (broad SMARTS) is 1. The number of hydrogen-bond acceptors (Lipinski definition) is 5. The summed E-state index contributed by atoms with van der Waals surface area (Å²) in [5.41, 5.74) is 3.08. The highest BCUT2D eigenvalue weighted by molar-refractivity contribution is 5.78. The van der Waals surface area contributed by atoms with Crippen LogP contribution in [0.15, 0.2) is 0 Å². The van der Waals surface area contributed by atoms with E-state index in [-0.39, 0.29) is 12.5 Å². The molecular weight excluding hydrogens is 371 g/mol. The molecule has 0 unspecified atom stereocenters. The summed E-state index contributed by atoms with van der Waals surface area (Å²) in [5, 5.41) is 14.4. The summed E-state index contributed by atoms with van der Waals surface area (Å²) >= 11 is 0. The van der Waals surface area contributed by atoms with Crippen LogP contribution in [0.3, 0.4) is 0 Å². The zero-order chi connectivity index (χ0) is 20.0. The van der Waals surface area contributed by atoms with E-state index in [0.717, 1.165) is 29.5 Å². The molecule has 2 N–H and O–H groups in total. The van der Waals surface area contributed by atoms with Crippen molar-refractivity contribution in [2.75, 3.05) is 19.8 Å². The lowest BCUT2D eigenvalue weighted by Gasteiger charge is -2.15. The maximum atomic E-state index is 11.9. The summed E-state index contributed by atoms with van der Waals surface area (Å²) in [7, 11) is 0. The quantitative estimate of drug-likeness (QED) is 0.733. The predicted molar refractivity (Wildman–Crippen MR) is 85.4 cm³/mol. The van der Waals surface area contributed by atoms with Crippen LogP contribution in [0.5, 0.6) is 0 Å². The first kappa shape index (κ1) is 21.2. The van der Waals surface area contributed by atoms with Gasteiger partial charge >= 0.3 is 12.1 Å². The van der Waals surface area contributed by atoms with E-state index >= 15 is 0 Å². The first-order chi connectivity index (χ1) is 12.7. The molecule has 152 valence electrons. The van der Waals surface area contributed by atoms with Crippen LogP contribution in [0.2, 0.25) is 0 Å². The molecule has 8 nitrogen and oxygen atoms in total. The number of nitrogens with zero attached hydrogens (tertiary/aromatic N) is 2. The maximum Gasteiger partial charge on any atom is 0.490 e. The number of aromatic nitrogens is 2. The van der Waals surface area contributed by atoms with Gasteiger partial charge in [0.2, 0.25) is 5.91 Å². The van der Waals surface area contributed by atoms with Crippen molar-refractivity contribution in [2.45, 2.75) is 45.6 Å². The van der Waals surface area contributed by atoms with Crippen molar-refractivity contribution in [3.8, 4) is 0 Å². The molecule has 0 bridgehead atoms. The number of nitrogens with one attached hydrogen (secondary N) is 1. The Hall–Kier alpha value is -2.14. The lowest BCUT2D eigenvalue weighted by atomic mass is 10.2. The molecule has 2 aliphatic rings. The number of aromatic amines is 1. The van der Waals surface area contributed by atoms with Gasteiger partial charge in [0.1, 0.15) is 6.61 Å². The van der Waals surface area contributed by atoms with E-state index < -0.39 is 12.1 Å². The second kappa shape index (κ2) is 9.18. The normalized spacial score (nSPS) is 15.9. The first-order valence-corrected chi connectivity index (χ1v) is 8.50. The highest BCUT2D eigenvalue weighted by atomic mass is 19.4. The van der Waals surface area contributed by atoms with Crippen molar-refractivity contribution >= 4 is 11.9 Å². The zero-order valence-corrected chi connectivity index (χ0v) is 14.8. The Balaban J connectivity index is 0.000000321. The molecule has 1 amide bonds. The third kappa shape index (κ3) is 6.51. The molecule has 0 aromatic carbocycles. The van der Waals surface area contributed by atoms with Gasteiger partial charge in [0.25, 0.3) is 0 Å². The largest absolute Gasteiger partial charge is 0.490 e. The smallest absolute Gasteiger partial charge is 0.475 e. The van der Waals surface area contributed by atoms with E-state index in [0.29, 0.717) is 26.3 Å². The van der Waals surface area contributed by atoms with Crippen LogP contribution >= 0.6 is 0 Å². The number of carboxylic acids is 1. The van der Waals surface area contributed by atoms with Gasteiger partial charge in [0, 0.05) is 25.3 Å². The van der Waals surface area contributed by atoms with Gasteiger partial charge < -0.3 is 19.5 Å². The summed E-state index contributed by atoms with van der Waals surface area (Å²) in [6.45, 7) is 5.18. The van der Waals surface area contributed by atoms with E-state index in [1.54, 1.807) is 4.90 Å². The minimum Gasteiger partial charge on any atom is -0.475 e. The highest BCUT2D eigenvalue weighted by Crippen LogP contribution is 2.30. The number of halogens is 3. The zero-order valence-electron chi connectivity index (χ0n) is 14.8. The molecule has 0 atom stereocenters. The summed E-state index contributed by atoms with van der Waals surface area (Å²) in [5.74, 6) is -1.97. The molecule has 3 rings (SSSR count). The second-order valence-corrected chi connectivity index (χ2v) is 6.28. The second-order valence-electron chi connectivity index (χ2n) is 6.28. The summed E-state index contributed by atoms with van der Waals surface area (Å²) in [6, 6.07) is 0. The average molecular weight is 393 g/mol. The highest BCUT2D eigenvalue weighted by Gasteiger charge is 2.38. The van der Waals surface area contributed by atoms with Crippen LogP contribution in [0.4, 0.5) is 13.2 Å². The SMILES string of the molecule is CCOCC(=O)N1Cc2[nH]nc(COCC3CC3)c2C1.O=C(O)C(F)(F)F. The Morgan fingerprint density at radius 3 is 2.52 bits per heavy atom. The van der Waals surface area contributed by atoms with E-state index in [9.17, 15) is 18.0 Å². The predicted octanol–water partition coefficient (Wildman–Crippen LogP) is 1.85. The number of amides is 1. The van der Waals surface area contributed by atoms with Gasteiger partial charge in [-0.2, -0.15) is 18.3 Å². The molecule has 0 saturated heterocycles. The monoisotopic (exact) mass is 393 g/mol. The van der Waals surface area contributed by atoms with E-state index in [1.165, 1.54) is 12.8 Å². The standard InChI is InChI=1S/C14H21N3O3.C2HF3O2/c1-2-19-9-14(18)17-5-11-12(6-17)15-16-13(11)8-20-7-10-3-4-10;3-2(4,5)1(6)7/h10H,2-9H2,1H3,(H,15,16);(H,6,7). The fraction of sp³-hybridized carbons (Fsp3) is 0.688. The first-order valence-electron chi connectivity index (χ1n) is 8.50. The van der Waals surface area contributed by atoms with Gasteiger partial charge in [-0.25, -0.2) is 4.79 Å². The number of rotatable bonds is 7. The van der Waals surface area contributed by atoms with Crippen molar-refractivity contribution in [1.29, 1.82) is 0 Å². The molecule has 1 aromatic rings. The number of carbonyl (C=O) groups excluding carboxylic acids is 1. The van der Waals surface area contributed by atoms with Crippen LogP contribution < -0.4 is 0 Å². The van der Waals surface area contributed by atoms with Gasteiger partial charge in [-0.05, 0) is 25.7 Å². The maximum absolute atomic E-state index is 11.9. The topological polar surface area (TPSA) is 105 Å². The lowest BCUT2D eigenvalue weighted by Crippen LogP contribution is -2.29. The van der Waals surface area contributed by atoms with Crippen LogP contribution in [0.1, 0.15) is 36.7 Å². The van der Waals surface area contributed by atoms with Gasteiger partial charge in [-0.3, -0.25) is 9.89 Å². The van der Waals surface area contributed by atoms with Crippen molar-refractivity contribution in [2.24, 2.45) is 5.92 Å². The summed E-state index contributed by atoms with van der Waals surface area (Å²) < 4.78 is 42.6. The molecule has 2 heterocycles. The van der Waals surface area contributed by atoms with Gasteiger partial charge in [-0.1, -0.05) is 0 Å². The molecule has 11 heteroatoms. The number of ether oxygens (including phenoxy) is 2. The molecule has 1 saturated carbocycles. The Morgan fingerprint density at radius 2 is 1.96 bits per heavy atom. The van der Waals surface area contributed by atoms with Crippen molar-refractivity contribution < 1.29 is 37.3 Å². The molecule has 1 fully saturated rings.